The van der Waals surface area contributed by atoms with Crippen molar-refractivity contribution in [1.82, 2.24) is 5.32 Å². The number of anilines is 1. The summed E-state index contributed by atoms with van der Waals surface area (Å²) >= 11 is 0. The van der Waals surface area contributed by atoms with Crippen LogP contribution in [-0.2, 0) is 10.2 Å². The van der Waals surface area contributed by atoms with Gasteiger partial charge < -0.3 is 15.4 Å². The Morgan fingerprint density at radius 3 is 2.89 bits per heavy atom. The van der Waals surface area contributed by atoms with Crippen LogP contribution in [0.3, 0.4) is 0 Å². The van der Waals surface area contributed by atoms with Gasteiger partial charge in [0, 0.05) is 12.0 Å². The number of hydrogen-bond acceptors (Lipinski definition) is 3. The van der Waals surface area contributed by atoms with Gasteiger partial charge in [-0.05, 0) is 44.5 Å². The zero-order valence-corrected chi connectivity index (χ0v) is 11.5. The van der Waals surface area contributed by atoms with Crippen LogP contribution in [0.1, 0.15) is 31.7 Å². The molecule has 1 aliphatic carbocycles. The number of ether oxygens (including phenoxy) is 1. The normalized spacial score (nSPS) is 23.9. The molecule has 2 aliphatic rings. The number of benzene rings is 1. The fourth-order valence-electron chi connectivity index (χ4n) is 3.05. The van der Waals surface area contributed by atoms with Crippen molar-refractivity contribution in [1.29, 1.82) is 0 Å². The molecule has 1 fully saturated rings. The highest BCUT2D eigenvalue weighted by atomic mass is 16.5. The zero-order chi connectivity index (χ0) is 13.5. The van der Waals surface area contributed by atoms with E-state index in [1.807, 2.05) is 13.1 Å². The highest BCUT2D eigenvalue weighted by Crippen LogP contribution is 2.45. The van der Waals surface area contributed by atoms with E-state index in [0.29, 0.717) is 0 Å². The Hall–Kier alpha value is -1.55. The van der Waals surface area contributed by atoms with Gasteiger partial charge in [0.1, 0.15) is 5.75 Å². The average molecular weight is 260 g/mol. The molecule has 1 aromatic rings. The fourth-order valence-corrected chi connectivity index (χ4v) is 3.05. The van der Waals surface area contributed by atoms with Gasteiger partial charge in [0.05, 0.1) is 5.69 Å². The van der Waals surface area contributed by atoms with Crippen molar-refractivity contribution >= 4 is 11.6 Å². The zero-order valence-electron chi connectivity index (χ0n) is 11.5. The third-order valence-corrected chi connectivity index (χ3v) is 4.35. The van der Waals surface area contributed by atoms with Crippen molar-refractivity contribution in [3.63, 3.8) is 0 Å². The largest absolute Gasteiger partial charge is 0.479 e. The SMILES string of the molecule is CNCC1(c2ccc3c(c2)NC(=O)C(C)O3)CCC1. The number of carbonyl (C=O) groups excluding carboxylic acids is 1. The molecule has 4 nitrogen and oxygen atoms in total. The molecule has 1 heterocycles. The Kier molecular flexibility index (Phi) is 2.97. The predicted octanol–water partition coefficient (Wildman–Crippen LogP) is 2.05. The number of nitrogens with one attached hydrogen (secondary N) is 2. The van der Waals surface area contributed by atoms with E-state index in [1.54, 1.807) is 6.92 Å². The van der Waals surface area contributed by atoms with Crippen molar-refractivity contribution in [3.05, 3.63) is 23.8 Å². The highest BCUT2D eigenvalue weighted by Gasteiger charge is 2.38. The minimum absolute atomic E-state index is 0.0686. The minimum Gasteiger partial charge on any atom is -0.479 e. The molecule has 2 N–H and O–H groups in total. The number of carbonyl (C=O) groups is 1. The Labute approximate surface area is 113 Å². The molecule has 1 saturated carbocycles. The Morgan fingerprint density at radius 2 is 2.26 bits per heavy atom. The number of fused-ring (bicyclic) bond motifs is 1. The Balaban J connectivity index is 1.93. The van der Waals surface area contributed by atoms with Crippen LogP contribution in [-0.4, -0.2) is 25.6 Å². The maximum atomic E-state index is 11.7. The van der Waals surface area contributed by atoms with E-state index in [1.165, 1.54) is 24.8 Å². The lowest BCUT2D eigenvalue weighted by Gasteiger charge is -2.43. The molecule has 0 saturated heterocycles. The maximum Gasteiger partial charge on any atom is 0.265 e. The van der Waals surface area contributed by atoms with Crippen LogP contribution in [0, 0.1) is 0 Å². The van der Waals surface area contributed by atoms with Gasteiger partial charge >= 0.3 is 0 Å². The van der Waals surface area contributed by atoms with Gasteiger partial charge in [-0.15, -0.1) is 0 Å². The first kappa shape index (κ1) is 12.5. The van der Waals surface area contributed by atoms with Gasteiger partial charge in [-0.3, -0.25) is 4.79 Å². The van der Waals surface area contributed by atoms with Crippen LogP contribution in [0.5, 0.6) is 5.75 Å². The molecule has 102 valence electrons. The summed E-state index contributed by atoms with van der Waals surface area (Å²) in [6.45, 7) is 2.75. The summed E-state index contributed by atoms with van der Waals surface area (Å²) < 4.78 is 5.60. The topological polar surface area (TPSA) is 50.4 Å². The molecular formula is C15H20N2O2. The third-order valence-electron chi connectivity index (χ3n) is 4.35. The summed E-state index contributed by atoms with van der Waals surface area (Å²) in [6.07, 6.45) is 3.28. The average Bonchev–Trinajstić information content (AvgIpc) is 2.35. The molecular weight excluding hydrogens is 240 g/mol. The third kappa shape index (κ3) is 2.00. The fraction of sp³-hybridized carbons (Fsp3) is 0.533. The van der Waals surface area contributed by atoms with E-state index < -0.39 is 6.10 Å². The quantitative estimate of drug-likeness (QED) is 0.874. The lowest BCUT2D eigenvalue weighted by atomic mass is 9.64. The summed E-state index contributed by atoms with van der Waals surface area (Å²) in [5.74, 6) is 0.704. The predicted molar refractivity (Wildman–Crippen MR) is 74.6 cm³/mol. The molecule has 4 heteroatoms. The molecule has 0 bridgehead atoms. The lowest BCUT2D eigenvalue weighted by Crippen LogP contribution is -2.43. The van der Waals surface area contributed by atoms with Crippen LogP contribution in [0.4, 0.5) is 5.69 Å². The van der Waals surface area contributed by atoms with Gasteiger partial charge in [-0.2, -0.15) is 0 Å². The van der Waals surface area contributed by atoms with Crippen molar-refractivity contribution in [2.24, 2.45) is 0 Å². The van der Waals surface area contributed by atoms with E-state index in [0.717, 1.165) is 18.0 Å². The van der Waals surface area contributed by atoms with E-state index >= 15 is 0 Å². The summed E-state index contributed by atoms with van der Waals surface area (Å²) in [7, 11) is 1.99. The van der Waals surface area contributed by atoms with Crippen molar-refractivity contribution < 1.29 is 9.53 Å². The van der Waals surface area contributed by atoms with E-state index in [9.17, 15) is 4.79 Å². The maximum absolute atomic E-state index is 11.7. The van der Waals surface area contributed by atoms with Crippen LogP contribution >= 0.6 is 0 Å². The van der Waals surface area contributed by atoms with Crippen LogP contribution < -0.4 is 15.4 Å². The van der Waals surface area contributed by atoms with Crippen LogP contribution in [0.15, 0.2) is 18.2 Å². The van der Waals surface area contributed by atoms with Gasteiger partial charge in [0.15, 0.2) is 6.10 Å². The molecule has 1 aliphatic heterocycles. The van der Waals surface area contributed by atoms with E-state index in [2.05, 4.69) is 22.8 Å². The van der Waals surface area contributed by atoms with Crippen molar-refractivity contribution in [2.75, 3.05) is 18.9 Å². The molecule has 1 atom stereocenters. The summed E-state index contributed by atoms with van der Waals surface area (Å²) in [5, 5.41) is 6.21. The lowest BCUT2D eigenvalue weighted by molar-refractivity contribution is -0.122. The second-order valence-electron chi connectivity index (χ2n) is 5.62. The molecule has 0 spiro atoms. The van der Waals surface area contributed by atoms with Crippen molar-refractivity contribution in [3.8, 4) is 5.75 Å². The monoisotopic (exact) mass is 260 g/mol. The van der Waals surface area contributed by atoms with Gasteiger partial charge in [0.2, 0.25) is 0 Å². The first-order chi connectivity index (χ1) is 9.14. The summed E-state index contributed by atoms with van der Waals surface area (Å²) in [6, 6.07) is 6.20. The van der Waals surface area contributed by atoms with E-state index in [-0.39, 0.29) is 11.3 Å². The van der Waals surface area contributed by atoms with Gasteiger partial charge in [0.25, 0.3) is 5.91 Å². The van der Waals surface area contributed by atoms with Crippen LogP contribution in [0.25, 0.3) is 0 Å². The van der Waals surface area contributed by atoms with Gasteiger partial charge in [-0.1, -0.05) is 12.5 Å². The molecule has 3 rings (SSSR count). The molecule has 0 aromatic heterocycles. The second-order valence-corrected chi connectivity index (χ2v) is 5.62. The number of amides is 1. The first-order valence-electron chi connectivity index (χ1n) is 6.91. The van der Waals surface area contributed by atoms with E-state index in [4.69, 9.17) is 4.74 Å². The molecule has 1 amide bonds. The standard InChI is InChI=1S/C15H20N2O2/c1-10-14(18)17-12-8-11(4-5-13(12)19-10)15(9-16-2)6-3-7-15/h4-5,8,10,16H,3,6-7,9H2,1-2H3,(H,17,18). The Morgan fingerprint density at radius 1 is 1.47 bits per heavy atom. The van der Waals surface area contributed by atoms with Crippen LogP contribution in [0.2, 0.25) is 0 Å². The number of hydrogen-bond donors (Lipinski definition) is 2. The highest BCUT2D eigenvalue weighted by molar-refractivity contribution is 5.97. The van der Waals surface area contributed by atoms with Gasteiger partial charge in [-0.25, -0.2) is 0 Å². The Bertz CT molecular complexity index is 509. The molecule has 0 radical (unpaired) electrons. The minimum atomic E-state index is -0.409. The second kappa shape index (κ2) is 4.53. The summed E-state index contributed by atoms with van der Waals surface area (Å²) in [5.41, 5.74) is 2.34. The smallest absolute Gasteiger partial charge is 0.265 e. The number of likely N-dealkylation sites (N-methyl/N-ethyl adjacent to an activating group) is 1. The first-order valence-corrected chi connectivity index (χ1v) is 6.91. The van der Waals surface area contributed by atoms with Crippen molar-refractivity contribution in [2.45, 2.75) is 37.7 Å². The molecule has 1 unspecified atom stereocenters. The summed E-state index contributed by atoms with van der Waals surface area (Å²) in [4.78, 5) is 11.7. The number of rotatable bonds is 3. The molecule has 19 heavy (non-hydrogen) atoms. The molecule has 1 aromatic carbocycles.